The molecular weight excluding hydrogens is 346 g/mol. The fourth-order valence-corrected chi connectivity index (χ4v) is 2.65. The van der Waals surface area contributed by atoms with E-state index in [1.165, 1.54) is 12.7 Å². The summed E-state index contributed by atoms with van der Waals surface area (Å²) in [5.41, 5.74) is 4.69. The van der Waals surface area contributed by atoms with E-state index in [0.717, 1.165) is 23.5 Å². The van der Waals surface area contributed by atoms with Crippen molar-refractivity contribution in [2.24, 2.45) is 0 Å². The number of carbonyl (C=O) groups excluding carboxylic acids is 1. The Morgan fingerprint density at radius 1 is 1.15 bits per heavy atom. The molecule has 0 aliphatic carbocycles. The van der Waals surface area contributed by atoms with Gasteiger partial charge < -0.3 is 20.3 Å². The minimum atomic E-state index is -0.369. The zero-order valence-corrected chi connectivity index (χ0v) is 16.4. The molecule has 5 nitrogen and oxygen atoms in total. The van der Waals surface area contributed by atoms with Crippen molar-refractivity contribution >= 4 is 34.7 Å². The highest BCUT2D eigenvalue weighted by molar-refractivity contribution is 7.80. The van der Waals surface area contributed by atoms with Gasteiger partial charge in [0, 0.05) is 31.5 Å². The Morgan fingerprint density at radius 3 is 2.50 bits per heavy atom. The van der Waals surface area contributed by atoms with Crippen molar-refractivity contribution in [2.75, 3.05) is 37.5 Å². The minimum absolute atomic E-state index is 0.369. The lowest BCUT2D eigenvalue weighted by molar-refractivity contribution is 0.0601. The Balaban J connectivity index is 1.87. The SMILES string of the molecule is COC(=O)c1ccc(C)c(NC(=S)NCCN(C)c2ccc(C)cc2)c1. The van der Waals surface area contributed by atoms with Gasteiger partial charge in [-0.05, 0) is 55.9 Å². The summed E-state index contributed by atoms with van der Waals surface area (Å²) in [5.74, 6) is -0.369. The van der Waals surface area contributed by atoms with Crippen LogP contribution >= 0.6 is 12.2 Å². The van der Waals surface area contributed by atoms with Gasteiger partial charge in [0.25, 0.3) is 0 Å². The number of rotatable bonds is 6. The highest BCUT2D eigenvalue weighted by atomic mass is 32.1. The van der Waals surface area contributed by atoms with Crippen LogP contribution < -0.4 is 15.5 Å². The Kier molecular flexibility index (Phi) is 6.97. The molecule has 2 aromatic carbocycles. The molecule has 2 aromatic rings. The number of nitrogens with zero attached hydrogens (tertiary/aromatic N) is 1. The number of nitrogens with one attached hydrogen (secondary N) is 2. The van der Waals surface area contributed by atoms with Crippen LogP contribution in [0.2, 0.25) is 0 Å². The quantitative estimate of drug-likeness (QED) is 0.599. The average molecular weight is 372 g/mol. The van der Waals surface area contributed by atoms with E-state index in [4.69, 9.17) is 17.0 Å². The van der Waals surface area contributed by atoms with Crippen molar-refractivity contribution in [3.8, 4) is 0 Å². The summed E-state index contributed by atoms with van der Waals surface area (Å²) in [6, 6.07) is 13.8. The first-order valence-electron chi connectivity index (χ1n) is 8.42. The number of esters is 1. The van der Waals surface area contributed by atoms with Gasteiger partial charge in [-0.3, -0.25) is 0 Å². The lowest BCUT2D eigenvalue weighted by Gasteiger charge is -2.20. The number of likely N-dealkylation sites (N-methyl/N-ethyl adjacent to an activating group) is 1. The molecule has 0 radical (unpaired) electrons. The number of ether oxygens (including phenoxy) is 1. The Hall–Kier alpha value is -2.60. The molecule has 0 aliphatic heterocycles. The van der Waals surface area contributed by atoms with Crippen LogP contribution in [0.1, 0.15) is 21.5 Å². The van der Waals surface area contributed by atoms with E-state index in [-0.39, 0.29) is 5.97 Å². The Morgan fingerprint density at radius 2 is 1.85 bits per heavy atom. The number of carbonyl (C=O) groups is 1. The van der Waals surface area contributed by atoms with Crippen molar-refractivity contribution in [1.29, 1.82) is 0 Å². The molecule has 0 fully saturated rings. The molecule has 2 N–H and O–H groups in total. The number of benzene rings is 2. The minimum Gasteiger partial charge on any atom is -0.465 e. The molecule has 138 valence electrons. The first-order valence-corrected chi connectivity index (χ1v) is 8.83. The van der Waals surface area contributed by atoms with Crippen LogP contribution in [-0.4, -0.2) is 38.3 Å². The van der Waals surface area contributed by atoms with Crippen molar-refractivity contribution in [3.05, 3.63) is 59.2 Å². The summed E-state index contributed by atoms with van der Waals surface area (Å²) in [7, 11) is 3.42. The molecule has 2 rings (SSSR count). The van der Waals surface area contributed by atoms with Crippen LogP contribution in [-0.2, 0) is 4.74 Å². The van der Waals surface area contributed by atoms with Gasteiger partial charge >= 0.3 is 5.97 Å². The summed E-state index contributed by atoms with van der Waals surface area (Å²) in [4.78, 5) is 13.8. The number of hydrogen-bond donors (Lipinski definition) is 2. The fourth-order valence-electron chi connectivity index (χ4n) is 2.43. The second-order valence-corrected chi connectivity index (χ2v) is 6.57. The molecule has 0 saturated carbocycles. The molecule has 0 spiro atoms. The summed E-state index contributed by atoms with van der Waals surface area (Å²) in [5, 5.41) is 6.86. The molecule has 26 heavy (non-hydrogen) atoms. The predicted molar refractivity (Wildman–Crippen MR) is 111 cm³/mol. The highest BCUT2D eigenvalue weighted by Crippen LogP contribution is 2.17. The lowest BCUT2D eigenvalue weighted by atomic mass is 10.1. The van der Waals surface area contributed by atoms with Gasteiger partial charge in [0.1, 0.15) is 0 Å². The van der Waals surface area contributed by atoms with Crippen molar-refractivity contribution < 1.29 is 9.53 Å². The van der Waals surface area contributed by atoms with Crippen LogP contribution in [0.4, 0.5) is 11.4 Å². The molecule has 0 saturated heterocycles. The fraction of sp³-hybridized carbons (Fsp3) is 0.300. The third kappa shape index (κ3) is 5.46. The molecule has 0 amide bonds. The molecule has 0 unspecified atom stereocenters. The van der Waals surface area contributed by atoms with Gasteiger partial charge in [-0.25, -0.2) is 4.79 Å². The smallest absolute Gasteiger partial charge is 0.337 e. The number of methoxy groups -OCH3 is 1. The van der Waals surface area contributed by atoms with Gasteiger partial charge in [-0.15, -0.1) is 0 Å². The van der Waals surface area contributed by atoms with Crippen molar-refractivity contribution in [1.82, 2.24) is 5.32 Å². The molecule has 0 atom stereocenters. The van der Waals surface area contributed by atoms with Gasteiger partial charge in [0.05, 0.1) is 12.7 Å². The van der Waals surface area contributed by atoms with Gasteiger partial charge in [-0.2, -0.15) is 0 Å². The molecule has 0 aromatic heterocycles. The van der Waals surface area contributed by atoms with Gasteiger partial charge in [0.15, 0.2) is 5.11 Å². The number of anilines is 2. The van der Waals surface area contributed by atoms with Gasteiger partial charge in [0.2, 0.25) is 0 Å². The monoisotopic (exact) mass is 371 g/mol. The van der Waals surface area contributed by atoms with Crippen LogP contribution in [0.15, 0.2) is 42.5 Å². The zero-order chi connectivity index (χ0) is 19.1. The summed E-state index contributed by atoms with van der Waals surface area (Å²) < 4.78 is 4.76. The maximum atomic E-state index is 11.7. The van der Waals surface area contributed by atoms with Gasteiger partial charge in [-0.1, -0.05) is 23.8 Å². The summed E-state index contributed by atoms with van der Waals surface area (Å²) >= 11 is 5.36. The van der Waals surface area contributed by atoms with E-state index in [1.54, 1.807) is 12.1 Å². The third-order valence-corrected chi connectivity index (χ3v) is 4.36. The Labute approximate surface area is 160 Å². The largest absolute Gasteiger partial charge is 0.465 e. The average Bonchev–Trinajstić information content (AvgIpc) is 2.63. The molecule has 6 heteroatoms. The van der Waals surface area contributed by atoms with Crippen LogP contribution in [0, 0.1) is 13.8 Å². The van der Waals surface area contributed by atoms with E-state index < -0.39 is 0 Å². The second kappa shape index (κ2) is 9.20. The van der Waals surface area contributed by atoms with Crippen molar-refractivity contribution in [2.45, 2.75) is 13.8 Å². The normalized spacial score (nSPS) is 10.2. The van der Waals surface area contributed by atoms with E-state index in [0.29, 0.717) is 17.2 Å². The predicted octanol–water partition coefficient (Wildman–Crippen LogP) is 3.51. The maximum absolute atomic E-state index is 11.7. The Bertz CT molecular complexity index is 775. The number of thiocarbonyl (C=S) groups is 1. The highest BCUT2D eigenvalue weighted by Gasteiger charge is 2.09. The van der Waals surface area contributed by atoms with Crippen LogP contribution in [0.3, 0.4) is 0 Å². The second-order valence-electron chi connectivity index (χ2n) is 6.16. The van der Waals surface area contributed by atoms with E-state index in [2.05, 4.69) is 46.7 Å². The third-order valence-electron chi connectivity index (χ3n) is 4.11. The van der Waals surface area contributed by atoms with E-state index in [1.807, 2.05) is 20.0 Å². The van der Waals surface area contributed by atoms with Crippen molar-refractivity contribution in [3.63, 3.8) is 0 Å². The van der Waals surface area contributed by atoms with Crippen LogP contribution in [0.5, 0.6) is 0 Å². The summed E-state index contributed by atoms with van der Waals surface area (Å²) in [6.45, 7) is 5.54. The lowest BCUT2D eigenvalue weighted by Crippen LogP contribution is -2.35. The molecule has 0 bridgehead atoms. The number of aryl methyl sites for hydroxylation is 2. The van der Waals surface area contributed by atoms with E-state index in [9.17, 15) is 4.79 Å². The zero-order valence-electron chi connectivity index (χ0n) is 15.6. The molecule has 0 heterocycles. The molecule has 0 aliphatic rings. The van der Waals surface area contributed by atoms with Crippen LogP contribution in [0.25, 0.3) is 0 Å². The molecular formula is C20H25N3O2S. The summed E-state index contributed by atoms with van der Waals surface area (Å²) in [6.07, 6.45) is 0. The van der Waals surface area contributed by atoms with E-state index >= 15 is 0 Å². The topological polar surface area (TPSA) is 53.6 Å². The maximum Gasteiger partial charge on any atom is 0.337 e. The first kappa shape index (κ1) is 19.7. The standard InChI is InChI=1S/C20H25N3O2S/c1-14-5-9-17(10-6-14)23(3)12-11-21-20(26)22-18-13-16(19(24)25-4)8-7-15(18)2/h5-10,13H,11-12H2,1-4H3,(H2,21,22,26). The first-order chi connectivity index (χ1) is 12.4. The number of hydrogen-bond acceptors (Lipinski definition) is 4.